The predicted molar refractivity (Wildman–Crippen MR) is 237 cm³/mol. The molecule has 4 aromatic carbocycles. The summed E-state index contributed by atoms with van der Waals surface area (Å²) < 4.78 is 12.3. The third-order valence-corrected chi connectivity index (χ3v) is 15.1. The number of hydrogen-bond acceptors (Lipinski definition) is 8. The van der Waals surface area contributed by atoms with Crippen molar-refractivity contribution in [1.82, 2.24) is 9.80 Å². The van der Waals surface area contributed by atoms with E-state index >= 15 is 0 Å². The van der Waals surface area contributed by atoms with E-state index in [0.29, 0.717) is 54.3 Å². The van der Waals surface area contributed by atoms with Gasteiger partial charge in [-0.25, -0.2) is 0 Å². The van der Waals surface area contributed by atoms with Crippen LogP contribution in [0.15, 0.2) is 60.7 Å². The normalized spacial score (nSPS) is 24.2. The Kier molecular flexibility index (Phi) is 12.6. The second kappa shape index (κ2) is 18.1. The Bertz CT molecular complexity index is 2310. The second-order valence-electron chi connectivity index (χ2n) is 18.9. The zero-order valence-electron chi connectivity index (χ0n) is 36.3. The Morgan fingerprint density at radius 2 is 1.25 bits per heavy atom. The van der Waals surface area contributed by atoms with E-state index in [1.165, 1.54) is 25.7 Å². The molecule has 2 aliphatic heterocycles. The van der Waals surface area contributed by atoms with E-state index in [2.05, 4.69) is 55.7 Å². The standard InChI is InChI=1S/C52H62N4O4/c1-32(2)41-22-25-55(38-8-6-9-38)29-47(41)51(57)36-13-17-43-35(27-36)15-19-50(45(43)21-24-54)60-31-40-28-46(33(3)4)48(30-56(40)39-10-7-11-39)52(58)37-12-16-42-34(26-37)14-18-49(59-5)44(42)20-23-53/h12-19,26-27,32-33,38-41,46-48H,6-11,20-22,25,28-31H2,1-5H3/t40?,41-,46+,47-,48+/m0/s1. The van der Waals surface area contributed by atoms with Crippen molar-refractivity contribution in [3.8, 4) is 23.6 Å². The summed E-state index contributed by atoms with van der Waals surface area (Å²) in [4.78, 5) is 34.0. The van der Waals surface area contributed by atoms with Crippen molar-refractivity contribution in [2.75, 3.05) is 33.4 Å². The van der Waals surface area contributed by atoms with Crippen LogP contribution in [0, 0.1) is 58.2 Å². The number of ketones is 2. The van der Waals surface area contributed by atoms with Gasteiger partial charge in [0.15, 0.2) is 11.6 Å². The van der Waals surface area contributed by atoms with Gasteiger partial charge in [0.1, 0.15) is 18.1 Å². The first-order valence-electron chi connectivity index (χ1n) is 22.7. The second-order valence-corrected chi connectivity index (χ2v) is 18.9. The van der Waals surface area contributed by atoms with Crippen molar-refractivity contribution in [2.45, 2.75) is 110 Å². The zero-order valence-corrected chi connectivity index (χ0v) is 36.3. The highest BCUT2D eigenvalue weighted by molar-refractivity contribution is 6.03. The van der Waals surface area contributed by atoms with Crippen LogP contribution < -0.4 is 9.47 Å². The van der Waals surface area contributed by atoms with Crippen LogP contribution in [0.2, 0.25) is 0 Å². The molecule has 0 bridgehead atoms. The molecule has 8 heteroatoms. The van der Waals surface area contributed by atoms with Crippen molar-refractivity contribution >= 4 is 33.1 Å². The van der Waals surface area contributed by atoms with Gasteiger partial charge in [-0.15, -0.1) is 0 Å². The summed E-state index contributed by atoms with van der Waals surface area (Å²) in [5.74, 6) is 3.01. The molecule has 4 aromatic rings. The first-order valence-corrected chi connectivity index (χ1v) is 22.7. The van der Waals surface area contributed by atoms with Gasteiger partial charge in [0.25, 0.3) is 0 Å². The third-order valence-electron chi connectivity index (χ3n) is 15.1. The average molecular weight is 807 g/mol. The molecule has 2 saturated carbocycles. The Morgan fingerprint density at radius 3 is 1.77 bits per heavy atom. The SMILES string of the molecule is COc1ccc2cc(C(=O)[C@@H]3CN(C4CCC4)C(COc4ccc5cc(C(=O)[C@H]6CN(C7CCC7)CC[C@H]6C(C)C)ccc5c4CC#N)C[C@@H]3C(C)C)ccc2c1CC#N. The average Bonchev–Trinajstić information content (AvgIpc) is 3.21. The Morgan fingerprint density at radius 1 is 0.700 bits per heavy atom. The van der Waals surface area contributed by atoms with Crippen molar-refractivity contribution in [2.24, 2.45) is 35.5 Å². The monoisotopic (exact) mass is 806 g/mol. The van der Waals surface area contributed by atoms with E-state index < -0.39 is 0 Å². The summed E-state index contributed by atoms with van der Waals surface area (Å²) >= 11 is 0. The van der Waals surface area contributed by atoms with Gasteiger partial charge in [-0.1, -0.05) is 76.9 Å². The number of carbonyl (C=O) groups excluding carboxylic acids is 2. The van der Waals surface area contributed by atoms with E-state index in [1.54, 1.807) is 7.11 Å². The molecule has 0 spiro atoms. The molecule has 5 atom stereocenters. The molecule has 2 saturated heterocycles. The lowest BCUT2D eigenvalue weighted by Gasteiger charge is -2.50. The largest absolute Gasteiger partial charge is 0.496 e. The molecule has 1 unspecified atom stereocenters. The number of nitrogens with zero attached hydrogens (tertiary/aromatic N) is 4. The number of hydrogen-bond donors (Lipinski definition) is 0. The lowest BCUT2D eigenvalue weighted by molar-refractivity contribution is -0.0226. The van der Waals surface area contributed by atoms with Crippen LogP contribution in [-0.2, 0) is 12.8 Å². The summed E-state index contributed by atoms with van der Waals surface area (Å²) in [6.45, 7) is 12.1. The van der Waals surface area contributed by atoms with Gasteiger partial charge in [0.2, 0.25) is 0 Å². The summed E-state index contributed by atoms with van der Waals surface area (Å²) in [6.07, 6.45) is 9.62. The molecule has 4 fully saturated rings. The van der Waals surface area contributed by atoms with Crippen LogP contribution in [-0.4, -0.2) is 72.8 Å². The van der Waals surface area contributed by atoms with Gasteiger partial charge < -0.3 is 9.47 Å². The van der Waals surface area contributed by atoms with Gasteiger partial charge in [-0.3, -0.25) is 19.4 Å². The van der Waals surface area contributed by atoms with Crippen molar-refractivity contribution in [1.29, 1.82) is 10.5 Å². The number of piperidine rings is 2. The fourth-order valence-corrected chi connectivity index (χ4v) is 11.1. The molecule has 60 heavy (non-hydrogen) atoms. The maximum absolute atomic E-state index is 14.6. The Labute approximate surface area is 356 Å². The van der Waals surface area contributed by atoms with Crippen molar-refractivity contribution in [3.63, 3.8) is 0 Å². The molecule has 0 radical (unpaired) electrons. The Hall–Kier alpha value is -4.76. The van der Waals surface area contributed by atoms with Crippen LogP contribution in [0.4, 0.5) is 0 Å². The minimum Gasteiger partial charge on any atom is -0.496 e. The molecule has 2 aliphatic carbocycles. The van der Waals surface area contributed by atoms with Crippen LogP contribution in [0.25, 0.3) is 21.5 Å². The topological polar surface area (TPSA) is 107 Å². The number of methoxy groups -OCH3 is 1. The smallest absolute Gasteiger partial charge is 0.167 e. The van der Waals surface area contributed by atoms with E-state index in [0.717, 1.165) is 82.8 Å². The number of fused-ring (bicyclic) bond motifs is 2. The van der Waals surface area contributed by atoms with Crippen molar-refractivity contribution < 1.29 is 19.1 Å². The first-order chi connectivity index (χ1) is 29.1. The molecule has 0 aromatic heterocycles. The minimum atomic E-state index is -0.145. The summed E-state index contributed by atoms with van der Waals surface area (Å²) in [5, 5.41) is 23.3. The van der Waals surface area contributed by atoms with Crippen LogP contribution in [0.3, 0.4) is 0 Å². The van der Waals surface area contributed by atoms with E-state index in [9.17, 15) is 20.1 Å². The van der Waals surface area contributed by atoms with E-state index in [1.807, 2.05) is 54.6 Å². The number of benzene rings is 4. The molecule has 0 amide bonds. The van der Waals surface area contributed by atoms with Crippen molar-refractivity contribution in [3.05, 3.63) is 82.9 Å². The summed E-state index contributed by atoms with van der Waals surface area (Å²) in [6, 6.07) is 25.8. The van der Waals surface area contributed by atoms with Crippen LogP contribution >= 0.6 is 0 Å². The minimum absolute atomic E-state index is 0.00259. The zero-order chi connectivity index (χ0) is 42.1. The number of rotatable bonds is 14. The van der Waals surface area contributed by atoms with E-state index in [-0.39, 0.29) is 48.2 Å². The maximum Gasteiger partial charge on any atom is 0.167 e. The fourth-order valence-electron chi connectivity index (χ4n) is 11.1. The van der Waals surface area contributed by atoms with Crippen LogP contribution in [0.5, 0.6) is 11.5 Å². The quantitative estimate of drug-likeness (QED) is 0.116. The molecular weight excluding hydrogens is 745 g/mol. The molecular formula is C52H62N4O4. The maximum atomic E-state index is 14.6. The summed E-state index contributed by atoms with van der Waals surface area (Å²) in [5.41, 5.74) is 3.20. The highest BCUT2D eigenvalue weighted by Crippen LogP contribution is 2.42. The molecule has 314 valence electrons. The molecule has 8 rings (SSSR count). The van der Waals surface area contributed by atoms with Gasteiger partial charge >= 0.3 is 0 Å². The van der Waals surface area contributed by atoms with Gasteiger partial charge in [-0.2, -0.15) is 10.5 Å². The molecule has 4 aliphatic rings. The lowest BCUT2D eigenvalue weighted by atomic mass is 9.71. The fraction of sp³-hybridized carbons (Fsp3) is 0.538. The number of likely N-dealkylation sites (tertiary alicyclic amines) is 2. The van der Waals surface area contributed by atoms with Gasteiger partial charge in [0.05, 0.1) is 32.1 Å². The first kappa shape index (κ1) is 42.0. The molecule has 8 nitrogen and oxygen atoms in total. The number of ether oxygens (including phenoxy) is 2. The van der Waals surface area contributed by atoms with E-state index in [4.69, 9.17) is 9.47 Å². The predicted octanol–water partition coefficient (Wildman–Crippen LogP) is 10.2. The van der Waals surface area contributed by atoms with Gasteiger partial charge in [-0.05, 0) is 115 Å². The highest BCUT2D eigenvalue weighted by Gasteiger charge is 2.44. The molecule has 2 heterocycles. The number of carbonyl (C=O) groups is 2. The Balaban J connectivity index is 1.02. The number of Topliss-reactive ketones (excluding diaryl/α,β-unsaturated/α-hetero) is 2. The third kappa shape index (κ3) is 8.18. The lowest BCUT2D eigenvalue weighted by Crippen LogP contribution is -2.57. The highest BCUT2D eigenvalue weighted by atomic mass is 16.5. The van der Waals surface area contributed by atoms with Gasteiger partial charge in [0, 0.05) is 65.3 Å². The summed E-state index contributed by atoms with van der Waals surface area (Å²) in [7, 11) is 1.62. The molecule has 0 N–H and O–H groups in total. The number of nitriles is 2. The van der Waals surface area contributed by atoms with Crippen LogP contribution in [0.1, 0.15) is 111 Å².